The molecule has 19 heavy (non-hydrogen) atoms. The van der Waals surface area contributed by atoms with Gasteiger partial charge in [-0.2, -0.15) is 0 Å². The molecule has 4 N–H and O–H groups in total. The van der Waals surface area contributed by atoms with Crippen LogP contribution in [0.5, 0.6) is 5.75 Å². The number of nitrogens with two attached hydrogens (primary N) is 2. The van der Waals surface area contributed by atoms with Crippen molar-refractivity contribution in [3.8, 4) is 5.75 Å². The van der Waals surface area contributed by atoms with E-state index in [9.17, 15) is 9.59 Å². The van der Waals surface area contributed by atoms with Gasteiger partial charge in [-0.15, -0.1) is 0 Å². The minimum Gasteiger partial charge on any atom is -0.494 e. The van der Waals surface area contributed by atoms with Crippen LogP contribution in [0.15, 0.2) is 24.3 Å². The molecule has 1 unspecified atom stereocenters. The van der Waals surface area contributed by atoms with Gasteiger partial charge in [-0.1, -0.05) is 19.1 Å². The van der Waals surface area contributed by atoms with Crippen molar-refractivity contribution < 1.29 is 14.3 Å². The van der Waals surface area contributed by atoms with Gasteiger partial charge in [0.2, 0.25) is 11.8 Å². The molecule has 1 aromatic carbocycles. The second-order valence-electron chi connectivity index (χ2n) is 4.38. The van der Waals surface area contributed by atoms with Crippen molar-refractivity contribution in [2.45, 2.75) is 32.1 Å². The van der Waals surface area contributed by atoms with Gasteiger partial charge in [-0.3, -0.25) is 9.59 Å². The van der Waals surface area contributed by atoms with E-state index in [2.05, 4.69) is 0 Å². The van der Waals surface area contributed by atoms with Gasteiger partial charge in [-0.25, -0.2) is 0 Å². The third kappa shape index (κ3) is 4.99. The van der Waals surface area contributed by atoms with Crippen molar-refractivity contribution in [3.05, 3.63) is 29.8 Å². The van der Waals surface area contributed by atoms with Crippen molar-refractivity contribution in [2.24, 2.45) is 11.5 Å². The van der Waals surface area contributed by atoms with Crippen LogP contribution in [0.25, 0.3) is 0 Å². The number of carbonyl (C=O) groups excluding carboxylic acids is 2. The van der Waals surface area contributed by atoms with Crippen LogP contribution in [0, 0.1) is 0 Å². The summed E-state index contributed by atoms with van der Waals surface area (Å²) in [6, 6.07) is 7.22. The lowest BCUT2D eigenvalue weighted by Gasteiger charge is -2.14. The fraction of sp³-hybridized carbons (Fsp3) is 0.429. The summed E-state index contributed by atoms with van der Waals surface area (Å²) >= 11 is 0. The molecule has 0 aliphatic rings. The largest absolute Gasteiger partial charge is 0.494 e. The highest BCUT2D eigenvalue weighted by Gasteiger charge is 2.19. The Morgan fingerprint density at radius 2 is 2.05 bits per heavy atom. The zero-order chi connectivity index (χ0) is 14.3. The average molecular weight is 264 g/mol. The van der Waals surface area contributed by atoms with E-state index in [1.165, 1.54) is 0 Å². The summed E-state index contributed by atoms with van der Waals surface area (Å²) in [5.41, 5.74) is 11.2. The van der Waals surface area contributed by atoms with E-state index in [1.807, 2.05) is 13.0 Å². The van der Waals surface area contributed by atoms with Gasteiger partial charge in [0, 0.05) is 6.42 Å². The molecular formula is C14H20N2O3. The minimum atomic E-state index is -0.516. The summed E-state index contributed by atoms with van der Waals surface area (Å²) in [6.45, 7) is 2.63. The highest BCUT2D eigenvalue weighted by molar-refractivity contribution is 5.83. The van der Waals surface area contributed by atoms with Gasteiger partial charge in [-0.05, 0) is 30.5 Å². The number of carbonyl (C=O) groups is 2. The quantitative estimate of drug-likeness (QED) is 0.741. The van der Waals surface area contributed by atoms with E-state index in [0.29, 0.717) is 18.8 Å². The molecule has 5 nitrogen and oxygen atoms in total. The molecular weight excluding hydrogens is 244 g/mol. The fourth-order valence-electron chi connectivity index (χ4n) is 1.80. The molecule has 104 valence electrons. The first kappa shape index (κ1) is 15.0. The van der Waals surface area contributed by atoms with Gasteiger partial charge in [0.15, 0.2) is 0 Å². The molecule has 1 rings (SSSR count). The van der Waals surface area contributed by atoms with E-state index in [1.54, 1.807) is 18.2 Å². The van der Waals surface area contributed by atoms with Crippen LogP contribution in [-0.2, 0) is 9.59 Å². The molecule has 0 fully saturated rings. The fourth-order valence-corrected chi connectivity index (χ4v) is 1.80. The molecule has 2 amide bonds. The van der Waals surface area contributed by atoms with Gasteiger partial charge >= 0.3 is 0 Å². The molecule has 0 heterocycles. The topological polar surface area (TPSA) is 95.4 Å². The molecule has 0 bridgehead atoms. The minimum absolute atomic E-state index is 0.133. The van der Waals surface area contributed by atoms with Gasteiger partial charge in [0.1, 0.15) is 5.75 Å². The van der Waals surface area contributed by atoms with E-state index in [0.717, 1.165) is 12.0 Å². The molecule has 0 spiro atoms. The lowest BCUT2D eigenvalue weighted by molar-refractivity contribution is -0.120. The Bertz CT molecular complexity index is 446. The van der Waals surface area contributed by atoms with Crippen molar-refractivity contribution in [1.82, 2.24) is 0 Å². The van der Waals surface area contributed by atoms with Crippen molar-refractivity contribution in [1.29, 1.82) is 0 Å². The van der Waals surface area contributed by atoms with Crippen molar-refractivity contribution >= 4 is 11.8 Å². The van der Waals surface area contributed by atoms with Crippen LogP contribution in [0.2, 0.25) is 0 Å². The molecule has 0 saturated heterocycles. The van der Waals surface area contributed by atoms with Crippen molar-refractivity contribution in [2.75, 3.05) is 6.61 Å². The van der Waals surface area contributed by atoms with Crippen LogP contribution >= 0.6 is 0 Å². The number of ether oxygens (including phenoxy) is 1. The van der Waals surface area contributed by atoms with Crippen LogP contribution < -0.4 is 16.2 Å². The summed E-state index contributed by atoms with van der Waals surface area (Å²) in [5, 5.41) is 0. The zero-order valence-corrected chi connectivity index (χ0v) is 11.1. The normalized spacial score (nSPS) is 11.8. The number of hydrogen-bond acceptors (Lipinski definition) is 3. The molecule has 1 atom stereocenters. The Balaban J connectivity index is 2.83. The number of amides is 2. The lowest BCUT2D eigenvalue weighted by Crippen LogP contribution is -2.23. The van der Waals surface area contributed by atoms with E-state index in [4.69, 9.17) is 16.2 Å². The first-order valence-electron chi connectivity index (χ1n) is 6.35. The highest BCUT2D eigenvalue weighted by atomic mass is 16.5. The van der Waals surface area contributed by atoms with Gasteiger partial charge in [0.25, 0.3) is 0 Å². The predicted octanol–water partition coefficient (Wildman–Crippen LogP) is 1.31. The summed E-state index contributed by atoms with van der Waals surface area (Å²) in [6.07, 6.45) is 1.36. The van der Waals surface area contributed by atoms with Crippen molar-refractivity contribution in [3.63, 3.8) is 0 Å². The van der Waals surface area contributed by atoms with E-state index in [-0.39, 0.29) is 6.42 Å². The summed E-state index contributed by atoms with van der Waals surface area (Å²) in [4.78, 5) is 22.3. The molecule has 5 heteroatoms. The van der Waals surface area contributed by atoms with Gasteiger partial charge in [0.05, 0.1) is 12.5 Å². The standard InChI is InChI=1S/C14H20N2O3/c1-2-8-19-11-5-3-4-10(9-11)12(14(16)18)6-7-13(15)17/h3-5,9,12H,2,6-8H2,1H3,(H2,15,17)(H2,16,18). The third-order valence-corrected chi connectivity index (χ3v) is 2.76. The van der Waals surface area contributed by atoms with Crippen LogP contribution in [0.1, 0.15) is 37.7 Å². The Morgan fingerprint density at radius 3 is 2.63 bits per heavy atom. The highest BCUT2D eigenvalue weighted by Crippen LogP contribution is 2.24. The molecule has 1 aromatic rings. The molecule has 0 aliphatic carbocycles. The molecule has 0 aliphatic heterocycles. The summed E-state index contributed by atoms with van der Waals surface area (Å²) in [7, 11) is 0. The number of hydrogen-bond donors (Lipinski definition) is 2. The molecule has 0 radical (unpaired) electrons. The van der Waals surface area contributed by atoms with Crippen LogP contribution in [0.4, 0.5) is 0 Å². The SMILES string of the molecule is CCCOc1cccc(C(CCC(N)=O)C(N)=O)c1. The van der Waals surface area contributed by atoms with E-state index >= 15 is 0 Å². The lowest BCUT2D eigenvalue weighted by atomic mass is 9.93. The number of rotatable bonds is 8. The Morgan fingerprint density at radius 1 is 1.32 bits per heavy atom. The second kappa shape index (κ2) is 7.41. The smallest absolute Gasteiger partial charge is 0.224 e. The molecule has 0 saturated carbocycles. The van der Waals surface area contributed by atoms with Crippen LogP contribution in [-0.4, -0.2) is 18.4 Å². The summed E-state index contributed by atoms with van der Waals surface area (Å²) < 4.78 is 5.51. The third-order valence-electron chi connectivity index (χ3n) is 2.76. The molecule has 0 aromatic heterocycles. The monoisotopic (exact) mass is 264 g/mol. The zero-order valence-electron chi connectivity index (χ0n) is 11.1. The summed E-state index contributed by atoms with van der Waals surface area (Å²) in [5.74, 6) is -0.721. The Kier molecular flexibility index (Phi) is 5.85. The second-order valence-corrected chi connectivity index (χ2v) is 4.38. The van der Waals surface area contributed by atoms with E-state index < -0.39 is 17.7 Å². The maximum Gasteiger partial charge on any atom is 0.224 e. The number of benzene rings is 1. The predicted molar refractivity (Wildman–Crippen MR) is 72.6 cm³/mol. The Hall–Kier alpha value is -2.04. The maximum absolute atomic E-state index is 11.5. The first-order valence-corrected chi connectivity index (χ1v) is 6.35. The number of primary amides is 2. The van der Waals surface area contributed by atoms with Gasteiger partial charge < -0.3 is 16.2 Å². The maximum atomic E-state index is 11.5. The Labute approximate surface area is 112 Å². The average Bonchev–Trinajstić information content (AvgIpc) is 2.36. The first-order chi connectivity index (χ1) is 9.04. The van der Waals surface area contributed by atoms with Crippen LogP contribution in [0.3, 0.4) is 0 Å².